The first kappa shape index (κ1) is 8.10. The number of fused-ring (bicyclic) bond motifs is 2. The van der Waals surface area contributed by atoms with Gasteiger partial charge in [-0.05, 0) is 36.0 Å². The molecule has 2 bridgehead atoms. The van der Waals surface area contributed by atoms with E-state index in [1.807, 2.05) is 0 Å². The first-order valence-corrected chi connectivity index (χ1v) is 5.54. The standard InChI is InChI=1S/C10H17Br/c1-9(2)7-4-5-10(9,3)8(11)6-7/h7-8H,4-6H2,1-3H3/t7-,8+,10+/m0/s1. The first-order valence-electron chi connectivity index (χ1n) is 4.62. The van der Waals surface area contributed by atoms with E-state index < -0.39 is 0 Å². The third kappa shape index (κ3) is 0.760. The van der Waals surface area contributed by atoms with Gasteiger partial charge < -0.3 is 0 Å². The van der Waals surface area contributed by atoms with Crippen LogP contribution in [0.2, 0.25) is 0 Å². The van der Waals surface area contributed by atoms with Gasteiger partial charge in [-0.2, -0.15) is 0 Å². The second-order valence-electron chi connectivity index (χ2n) is 5.08. The van der Waals surface area contributed by atoms with E-state index in [4.69, 9.17) is 0 Å². The van der Waals surface area contributed by atoms with Gasteiger partial charge in [0.15, 0.2) is 0 Å². The summed E-state index contributed by atoms with van der Waals surface area (Å²) in [7, 11) is 0. The Morgan fingerprint density at radius 2 is 1.91 bits per heavy atom. The van der Waals surface area contributed by atoms with Crippen LogP contribution < -0.4 is 0 Å². The van der Waals surface area contributed by atoms with E-state index in [9.17, 15) is 0 Å². The van der Waals surface area contributed by atoms with E-state index in [2.05, 4.69) is 36.7 Å². The lowest BCUT2D eigenvalue weighted by Crippen LogP contribution is -2.32. The quantitative estimate of drug-likeness (QED) is 0.544. The molecule has 0 unspecified atom stereocenters. The number of hydrogen-bond acceptors (Lipinski definition) is 0. The van der Waals surface area contributed by atoms with Gasteiger partial charge in [0, 0.05) is 4.83 Å². The molecule has 2 saturated carbocycles. The van der Waals surface area contributed by atoms with Gasteiger partial charge in [0.1, 0.15) is 0 Å². The number of alkyl halides is 1. The average molecular weight is 217 g/mol. The summed E-state index contributed by atoms with van der Waals surface area (Å²) in [5, 5.41) is 0. The van der Waals surface area contributed by atoms with Crippen molar-refractivity contribution in [1.82, 2.24) is 0 Å². The van der Waals surface area contributed by atoms with Gasteiger partial charge in [0.2, 0.25) is 0 Å². The Balaban J connectivity index is 2.40. The van der Waals surface area contributed by atoms with E-state index in [1.165, 1.54) is 19.3 Å². The summed E-state index contributed by atoms with van der Waals surface area (Å²) in [6.07, 6.45) is 4.30. The fraction of sp³-hybridized carbons (Fsp3) is 1.00. The minimum absolute atomic E-state index is 0.581. The highest BCUT2D eigenvalue weighted by Gasteiger charge is 2.60. The van der Waals surface area contributed by atoms with Crippen LogP contribution in [0.5, 0.6) is 0 Å². The average Bonchev–Trinajstić information content (AvgIpc) is 2.20. The van der Waals surface area contributed by atoms with Gasteiger partial charge in [-0.3, -0.25) is 0 Å². The van der Waals surface area contributed by atoms with Crippen LogP contribution in [-0.2, 0) is 0 Å². The van der Waals surface area contributed by atoms with Crippen molar-refractivity contribution in [3.8, 4) is 0 Å². The third-order valence-corrected chi connectivity index (χ3v) is 6.07. The SMILES string of the molecule is CC1(C)[C@H]2CC[C@]1(C)[C@H](Br)C2. The van der Waals surface area contributed by atoms with Crippen molar-refractivity contribution in [3.63, 3.8) is 0 Å². The number of hydrogen-bond donors (Lipinski definition) is 0. The van der Waals surface area contributed by atoms with Crippen molar-refractivity contribution in [2.24, 2.45) is 16.7 Å². The molecule has 0 aromatic rings. The summed E-state index contributed by atoms with van der Waals surface area (Å²) in [5.41, 5.74) is 1.17. The summed E-state index contributed by atoms with van der Waals surface area (Å²) in [6, 6.07) is 0. The lowest BCUT2D eigenvalue weighted by Gasteiger charge is -2.36. The van der Waals surface area contributed by atoms with E-state index in [0.717, 1.165) is 10.7 Å². The molecule has 0 radical (unpaired) electrons. The van der Waals surface area contributed by atoms with Gasteiger partial charge >= 0.3 is 0 Å². The Bertz CT molecular complexity index is 185. The van der Waals surface area contributed by atoms with E-state index in [1.54, 1.807) is 0 Å². The van der Waals surface area contributed by atoms with Crippen LogP contribution in [0.25, 0.3) is 0 Å². The van der Waals surface area contributed by atoms with Crippen LogP contribution >= 0.6 is 15.9 Å². The van der Waals surface area contributed by atoms with Crippen molar-refractivity contribution in [1.29, 1.82) is 0 Å². The maximum atomic E-state index is 3.83. The zero-order valence-corrected chi connectivity index (χ0v) is 9.24. The number of halogens is 1. The van der Waals surface area contributed by atoms with Gasteiger partial charge in [-0.25, -0.2) is 0 Å². The second-order valence-corrected chi connectivity index (χ2v) is 6.18. The van der Waals surface area contributed by atoms with Crippen LogP contribution in [0.15, 0.2) is 0 Å². The maximum Gasteiger partial charge on any atom is 0.0207 e. The zero-order chi connectivity index (χ0) is 8.28. The second kappa shape index (κ2) is 2.04. The van der Waals surface area contributed by atoms with Crippen molar-refractivity contribution >= 4 is 15.9 Å². The van der Waals surface area contributed by atoms with Crippen LogP contribution in [0.3, 0.4) is 0 Å². The summed E-state index contributed by atoms with van der Waals surface area (Å²) < 4.78 is 0. The third-order valence-electron chi connectivity index (χ3n) is 4.69. The molecular weight excluding hydrogens is 200 g/mol. The molecule has 1 heteroatoms. The van der Waals surface area contributed by atoms with E-state index >= 15 is 0 Å². The fourth-order valence-electron chi connectivity index (χ4n) is 3.11. The molecule has 0 N–H and O–H groups in total. The molecule has 2 aliphatic rings. The van der Waals surface area contributed by atoms with Gasteiger partial charge in [-0.15, -0.1) is 0 Å². The van der Waals surface area contributed by atoms with E-state index in [0.29, 0.717) is 10.8 Å². The predicted molar refractivity (Wildman–Crippen MR) is 51.9 cm³/mol. The molecule has 0 aromatic heterocycles. The topological polar surface area (TPSA) is 0 Å². The largest absolute Gasteiger partial charge is 0.0884 e. The van der Waals surface area contributed by atoms with Crippen LogP contribution in [0.1, 0.15) is 40.0 Å². The van der Waals surface area contributed by atoms with Gasteiger partial charge in [0.05, 0.1) is 0 Å². The van der Waals surface area contributed by atoms with Crippen molar-refractivity contribution in [2.75, 3.05) is 0 Å². The Kier molecular flexibility index (Phi) is 1.50. The molecule has 0 saturated heterocycles. The number of rotatable bonds is 0. The Morgan fingerprint density at radius 1 is 1.27 bits per heavy atom. The van der Waals surface area contributed by atoms with Gasteiger partial charge in [0.25, 0.3) is 0 Å². The lowest BCUT2D eigenvalue weighted by molar-refractivity contribution is 0.158. The highest BCUT2D eigenvalue weighted by molar-refractivity contribution is 9.09. The van der Waals surface area contributed by atoms with Crippen LogP contribution in [0.4, 0.5) is 0 Å². The minimum Gasteiger partial charge on any atom is -0.0884 e. The molecule has 0 aliphatic heterocycles. The summed E-state index contributed by atoms with van der Waals surface area (Å²) in [5.74, 6) is 0.983. The Hall–Kier alpha value is 0.480. The fourth-order valence-corrected chi connectivity index (χ4v) is 4.38. The molecule has 0 heterocycles. The summed E-state index contributed by atoms with van der Waals surface area (Å²) in [6.45, 7) is 7.36. The lowest BCUT2D eigenvalue weighted by atomic mass is 9.71. The van der Waals surface area contributed by atoms with Crippen molar-refractivity contribution < 1.29 is 0 Å². The van der Waals surface area contributed by atoms with Crippen molar-refractivity contribution in [2.45, 2.75) is 44.9 Å². The van der Waals surface area contributed by atoms with Crippen molar-refractivity contribution in [3.05, 3.63) is 0 Å². The highest BCUT2D eigenvalue weighted by Crippen LogP contribution is 2.67. The molecular formula is C10H17Br. The molecule has 11 heavy (non-hydrogen) atoms. The van der Waals surface area contributed by atoms with E-state index in [-0.39, 0.29) is 0 Å². The molecule has 2 aliphatic carbocycles. The molecule has 0 amide bonds. The molecule has 3 atom stereocenters. The molecule has 2 rings (SSSR count). The monoisotopic (exact) mass is 216 g/mol. The summed E-state index contributed by atoms with van der Waals surface area (Å²) in [4.78, 5) is 0.781. The molecule has 0 spiro atoms. The Labute approximate surface area is 77.9 Å². The smallest absolute Gasteiger partial charge is 0.0207 e. The zero-order valence-electron chi connectivity index (χ0n) is 7.65. The molecule has 0 aromatic carbocycles. The molecule has 64 valence electrons. The van der Waals surface area contributed by atoms with Crippen LogP contribution in [-0.4, -0.2) is 4.83 Å². The van der Waals surface area contributed by atoms with Crippen LogP contribution in [0, 0.1) is 16.7 Å². The normalized spacial score (nSPS) is 53.5. The maximum absolute atomic E-state index is 3.83. The summed E-state index contributed by atoms with van der Waals surface area (Å²) >= 11 is 3.83. The highest BCUT2D eigenvalue weighted by atomic mass is 79.9. The predicted octanol–water partition coefficient (Wildman–Crippen LogP) is 3.60. The first-order chi connectivity index (χ1) is 4.98. The molecule has 0 nitrogen and oxygen atoms in total. The van der Waals surface area contributed by atoms with Gasteiger partial charge in [-0.1, -0.05) is 36.7 Å². The Morgan fingerprint density at radius 3 is 2.09 bits per heavy atom. The minimum atomic E-state index is 0.581. The molecule has 2 fully saturated rings.